The van der Waals surface area contributed by atoms with Gasteiger partial charge in [-0.2, -0.15) is 0 Å². The minimum Gasteiger partial charge on any atom is -0.444 e. The smallest absolute Gasteiger partial charge is 0.410 e. The van der Waals surface area contributed by atoms with E-state index in [0.29, 0.717) is 12.3 Å². The summed E-state index contributed by atoms with van der Waals surface area (Å²) in [6, 6.07) is 9.45. The molecule has 0 radical (unpaired) electrons. The van der Waals surface area contributed by atoms with Gasteiger partial charge in [0, 0.05) is 12.1 Å². The van der Waals surface area contributed by atoms with Crippen molar-refractivity contribution in [3.63, 3.8) is 0 Å². The number of aliphatic hydroxyl groups excluding tert-OH is 1. The Hall–Kier alpha value is -1.59. The van der Waals surface area contributed by atoms with Crippen LogP contribution in [0.4, 0.5) is 4.79 Å². The minimum absolute atomic E-state index is 0.151. The average molecular weight is 360 g/mol. The van der Waals surface area contributed by atoms with E-state index >= 15 is 0 Å². The summed E-state index contributed by atoms with van der Waals surface area (Å²) in [4.78, 5) is 14.7. The molecule has 144 valence electrons. The molecule has 1 saturated carbocycles. The second kappa shape index (κ2) is 7.57. The van der Waals surface area contributed by atoms with Crippen molar-refractivity contribution in [2.24, 2.45) is 11.7 Å². The second-order valence-corrected chi connectivity index (χ2v) is 8.79. The van der Waals surface area contributed by atoms with Crippen molar-refractivity contribution in [2.75, 3.05) is 0 Å². The van der Waals surface area contributed by atoms with E-state index in [2.05, 4.69) is 0 Å². The molecule has 1 aromatic carbocycles. The molecule has 1 aromatic rings. The molecular formula is C21H32N2O3. The van der Waals surface area contributed by atoms with Crippen molar-refractivity contribution in [3.05, 3.63) is 35.9 Å². The molecule has 2 aliphatic heterocycles. The third-order valence-corrected chi connectivity index (χ3v) is 5.65. The number of carbonyl (C=O) groups is 1. The Bertz CT molecular complexity index is 605. The van der Waals surface area contributed by atoms with Crippen LogP contribution in [0.1, 0.15) is 52.0 Å². The maximum atomic E-state index is 12.9. The zero-order chi connectivity index (χ0) is 18.9. The van der Waals surface area contributed by atoms with E-state index in [9.17, 15) is 9.90 Å². The Morgan fingerprint density at radius 1 is 1.23 bits per heavy atom. The number of nitrogens with two attached hydrogens (primary N) is 1. The first kappa shape index (κ1) is 19.2. The molecule has 2 bridgehead atoms. The third kappa shape index (κ3) is 4.21. The van der Waals surface area contributed by atoms with Crippen LogP contribution in [0.25, 0.3) is 0 Å². The van der Waals surface area contributed by atoms with Crippen molar-refractivity contribution in [3.8, 4) is 0 Å². The highest BCUT2D eigenvalue weighted by atomic mass is 16.6. The van der Waals surface area contributed by atoms with Crippen LogP contribution in [-0.4, -0.2) is 45.9 Å². The van der Waals surface area contributed by atoms with Crippen molar-refractivity contribution >= 4 is 6.09 Å². The fourth-order valence-corrected chi connectivity index (χ4v) is 4.48. The number of aliphatic hydroxyl groups is 1. The van der Waals surface area contributed by atoms with Crippen LogP contribution in [0, 0.1) is 5.92 Å². The normalized spacial score (nSPS) is 27.9. The molecule has 2 heterocycles. The molecule has 4 rings (SSSR count). The van der Waals surface area contributed by atoms with Crippen LogP contribution < -0.4 is 5.73 Å². The third-order valence-electron chi connectivity index (χ3n) is 5.65. The highest BCUT2D eigenvalue weighted by molar-refractivity contribution is 5.69. The molecule has 3 N–H and O–H groups in total. The molecular weight excluding hydrogens is 328 g/mol. The van der Waals surface area contributed by atoms with Crippen LogP contribution >= 0.6 is 0 Å². The second-order valence-electron chi connectivity index (χ2n) is 8.79. The van der Waals surface area contributed by atoms with Gasteiger partial charge in [0.2, 0.25) is 0 Å². The van der Waals surface area contributed by atoms with Gasteiger partial charge >= 0.3 is 6.09 Å². The standard InChI is InChI=1S/C21H32N2O3/c1-21(2,3)26-20(25)23-16-11-9-15(10-12-16)18(23)19(24)17(22)13-14-7-5-4-6-8-14/h4-8,15-19,24H,9-13,22H2,1-3H3. The van der Waals surface area contributed by atoms with Gasteiger partial charge in [-0.05, 0) is 64.4 Å². The number of rotatable bonds is 4. The van der Waals surface area contributed by atoms with Crippen molar-refractivity contribution in [1.29, 1.82) is 0 Å². The summed E-state index contributed by atoms with van der Waals surface area (Å²) in [7, 11) is 0. The number of ether oxygens (including phenoxy) is 1. The molecule has 0 spiro atoms. The van der Waals surface area contributed by atoms with E-state index in [1.807, 2.05) is 51.1 Å². The van der Waals surface area contributed by atoms with E-state index in [1.54, 1.807) is 4.90 Å². The summed E-state index contributed by atoms with van der Waals surface area (Å²) in [6.07, 6.45) is 3.59. The van der Waals surface area contributed by atoms with Crippen LogP contribution in [-0.2, 0) is 11.2 Å². The summed E-state index contributed by atoms with van der Waals surface area (Å²) < 4.78 is 5.64. The molecule has 3 unspecified atom stereocenters. The molecule has 2 saturated heterocycles. The van der Waals surface area contributed by atoms with Gasteiger partial charge in [0.1, 0.15) is 5.60 Å². The first-order chi connectivity index (χ1) is 12.3. The van der Waals surface area contributed by atoms with Crippen LogP contribution in [0.15, 0.2) is 30.3 Å². The molecule has 1 amide bonds. The molecule has 3 aliphatic rings. The number of fused-ring (bicyclic) bond motifs is 3. The van der Waals surface area contributed by atoms with E-state index in [0.717, 1.165) is 31.2 Å². The summed E-state index contributed by atoms with van der Waals surface area (Å²) in [5, 5.41) is 11.1. The highest BCUT2D eigenvalue weighted by Crippen LogP contribution is 2.42. The Morgan fingerprint density at radius 2 is 1.85 bits per heavy atom. The van der Waals surface area contributed by atoms with E-state index in [4.69, 9.17) is 10.5 Å². The van der Waals surface area contributed by atoms with Crippen LogP contribution in [0.3, 0.4) is 0 Å². The quantitative estimate of drug-likeness (QED) is 0.865. The van der Waals surface area contributed by atoms with Crippen molar-refractivity contribution < 1.29 is 14.6 Å². The van der Waals surface area contributed by atoms with Gasteiger partial charge in [0.05, 0.1) is 12.1 Å². The van der Waals surface area contributed by atoms with E-state index in [-0.39, 0.29) is 18.2 Å². The fourth-order valence-electron chi connectivity index (χ4n) is 4.48. The zero-order valence-electron chi connectivity index (χ0n) is 16.1. The van der Waals surface area contributed by atoms with Gasteiger partial charge in [0.25, 0.3) is 0 Å². The van der Waals surface area contributed by atoms with Crippen LogP contribution in [0.2, 0.25) is 0 Å². The maximum absolute atomic E-state index is 12.9. The molecule has 0 aromatic heterocycles. The van der Waals surface area contributed by atoms with E-state index < -0.39 is 17.7 Å². The minimum atomic E-state index is -0.754. The Labute approximate surface area is 156 Å². The Balaban J connectivity index is 1.76. The molecule has 1 aliphatic carbocycles. The molecule has 3 atom stereocenters. The SMILES string of the molecule is CC(C)(C)OC(=O)N1C2CCC(CC2)C1C(O)C(N)Cc1ccccc1. The summed E-state index contributed by atoms with van der Waals surface area (Å²) >= 11 is 0. The number of piperidine rings is 2. The Morgan fingerprint density at radius 3 is 2.42 bits per heavy atom. The summed E-state index contributed by atoms with van der Waals surface area (Å²) in [5.74, 6) is 0.296. The van der Waals surface area contributed by atoms with Gasteiger partial charge in [-0.3, -0.25) is 4.90 Å². The van der Waals surface area contributed by atoms with Gasteiger partial charge in [-0.1, -0.05) is 30.3 Å². The number of carbonyl (C=O) groups excluding carboxylic acids is 1. The van der Waals surface area contributed by atoms with Gasteiger partial charge in [-0.25, -0.2) is 4.79 Å². The lowest BCUT2D eigenvalue weighted by Gasteiger charge is -2.53. The summed E-state index contributed by atoms with van der Waals surface area (Å²) in [6.45, 7) is 5.62. The maximum Gasteiger partial charge on any atom is 0.410 e. The highest BCUT2D eigenvalue weighted by Gasteiger charge is 2.49. The van der Waals surface area contributed by atoms with Crippen molar-refractivity contribution in [2.45, 2.75) is 82.7 Å². The lowest BCUT2D eigenvalue weighted by molar-refractivity contribution is -0.0835. The number of hydrogen-bond acceptors (Lipinski definition) is 4. The van der Waals surface area contributed by atoms with E-state index in [1.165, 1.54) is 0 Å². The lowest BCUT2D eigenvalue weighted by Crippen LogP contribution is -2.65. The molecule has 5 heteroatoms. The van der Waals surface area contributed by atoms with Crippen LogP contribution in [0.5, 0.6) is 0 Å². The Kier molecular flexibility index (Phi) is 5.58. The average Bonchev–Trinajstić information content (AvgIpc) is 2.60. The fraction of sp³-hybridized carbons (Fsp3) is 0.667. The number of benzene rings is 1. The predicted molar refractivity (Wildman–Crippen MR) is 102 cm³/mol. The number of hydrogen-bond donors (Lipinski definition) is 2. The first-order valence-electron chi connectivity index (χ1n) is 9.75. The van der Waals surface area contributed by atoms with Crippen molar-refractivity contribution in [1.82, 2.24) is 4.90 Å². The largest absolute Gasteiger partial charge is 0.444 e. The van der Waals surface area contributed by atoms with Gasteiger partial charge < -0.3 is 15.6 Å². The molecule has 5 nitrogen and oxygen atoms in total. The van der Waals surface area contributed by atoms with Gasteiger partial charge in [0.15, 0.2) is 0 Å². The van der Waals surface area contributed by atoms with Gasteiger partial charge in [-0.15, -0.1) is 0 Å². The lowest BCUT2D eigenvalue weighted by atomic mass is 9.71. The molecule has 3 fully saturated rings. The number of nitrogens with zero attached hydrogens (tertiary/aromatic N) is 1. The predicted octanol–water partition coefficient (Wildman–Crippen LogP) is 3.10. The number of amides is 1. The summed E-state index contributed by atoms with van der Waals surface area (Å²) in [5.41, 5.74) is 6.93. The first-order valence-corrected chi connectivity index (χ1v) is 9.75. The monoisotopic (exact) mass is 360 g/mol. The zero-order valence-corrected chi connectivity index (χ0v) is 16.1. The molecule has 26 heavy (non-hydrogen) atoms. The topological polar surface area (TPSA) is 75.8 Å².